The van der Waals surface area contributed by atoms with E-state index < -0.39 is 14.6 Å². The van der Waals surface area contributed by atoms with Gasteiger partial charge in [-0.05, 0) is 46.5 Å². The van der Waals surface area contributed by atoms with Gasteiger partial charge in [0.1, 0.15) is 0 Å². The topological polar surface area (TPSA) is 69.4 Å². The summed E-state index contributed by atoms with van der Waals surface area (Å²) in [4.78, 5) is 0. The zero-order valence-electron chi connectivity index (χ0n) is 11.1. The molecule has 0 aromatic heterocycles. The van der Waals surface area contributed by atoms with E-state index in [4.69, 9.17) is 10.5 Å². The average molecular weight is 263 g/mol. The molecule has 1 saturated carbocycles. The maximum atomic E-state index is 11.9. The van der Waals surface area contributed by atoms with Crippen molar-refractivity contribution >= 4 is 9.84 Å². The van der Waals surface area contributed by atoms with Crippen LogP contribution in [0.1, 0.15) is 46.5 Å². The summed E-state index contributed by atoms with van der Waals surface area (Å²) < 4.78 is 28.6. The molecule has 0 radical (unpaired) electrons. The van der Waals surface area contributed by atoms with Gasteiger partial charge in [-0.2, -0.15) is 0 Å². The summed E-state index contributed by atoms with van der Waals surface area (Å²) in [5, 5.41) is 0. The van der Waals surface area contributed by atoms with Crippen molar-refractivity contribution in [2.24, 2.45) is 5.73 Å². The number of hydrogen-bond donors (Lipinski definition) is 1. The van der Waals surface area contributed by atoms with Gasteiger partial charge in [-0.1, -0.05) is 0 Å². The van der Waals surface area contributed by atoms with E-state index in [-0.39, 0.29) is 24.5 Å². The first-order chi connectivity index (χ1) is 7.72. The maximum Gasteiger partial charge on any atom is 0.157 e. The first kappa shape index (κ1) is 14.9. The van der Waals surface area contributed by atoms with E-state index in [1.54, 1.807) is 20.8 Å². The fraction of sp³-hybridized carbons (Fsp3) is 1.00. The quantitative estimate of drug-likeness (QED) is 0.834. The van der Waals surface area contributed by atoms with Gasteiger partial charge in [0.15, 0.2) is 9.84 Å². The average Bonchev–Trinajstić information content (AvgIpc) is 2.15. The monoisotopic (exact) mass is 263 g/mol. The Kier molecular flexibility index (Phi) is 4.98. The van der Waals surface area contributed by atoms with Gasteiger partial charge in [0, 0.05) is 6.04 Å². The molecule has 1 rings (SSSR count). The first-order valence-corrected chi connectivity index (χ1v) is 7.97. The molecule has 102 valence electrons. The Hall–Kier alpha value is -0.130. The van der Waals surface area contributed by atoms with Crippen molar-refractivity contribution in [1.29, 1.82) is 0 Å². The van der Waals surface area contributed by atoms with E-state index in [0.717, 1.165) is 25.7 Å². The third-order valence-electron chi connectivity index (χ3n) is 3.31. The Labute approximate surface area is 105 Å². The number of sulfone groups is 1. The summed E-state index contributed by atoms with van der Waals surface area (Å²) in [5.74, 6) is 0.0994. The van der Waals surface area contributed by atoms with Crippen molar-refractivity contribution in [2.45, 2.75) is 63.3 Å². The highest BCUT2D eigenvalue weighted by Gasteiger charge is 2.29. The maximum absolute atomic E-state index is 11.9. The minimum absolute atomic E-state index is 0.0994. The lowest BCUT2D eigenvalue weighted by Crippen LogP contribution is -2.35. The van der Waals surface area contributed by atoms with Gasteiger partial charge in [0.05, 0.1) is 23.2 Å². The number of hydrogen-bond acceptors (Lipinski definition) is 4. The summed E-state index contributed by atoms with van der Waals surface area (Å²) in [5.41, 5.74) is 5.85. The van der Waals surface area contributed by atoms with Crippen LogP contribution in [0.15, 0.2) is 0 Å². The molecule has 0 heterocycles. The Morgan fingerprint density at radius 1 is 1.29 bits per heavy atom. The van der Waals surface area contributed by atoms with Crippen molar-refractivity contribution < 1.29 is 13.2 Å². The molecule has 5 heteroatoms. The van der Waals surface area contributed by atoms with Crippen LogP contribution in [0.4, 0.5) is 0 Å². The summed E-state index contributed by atoms with van der Waals surface area (Å²) in [6.07, 6.45) is 4.14. The molecule has 4 nitrogen and oxygen atoms in total. The molecule has 0 spiro atoms. The van der Waals surface area contributed by atoms with Gasteiger partial charge in [0.25, 0.3) is 0 Å². The standard InChI is InChI=1S/C12H25NO3S/c1-12(2,3)17(14,15)8-7-16-11-6-4-5-10(13)9-11/h10-11H,4-9,13H2,1-3H3. The Morgan fingerprint density at radius 2 is 1.94 bits per heavy atom. The van der Waals surface area contributed by atoms with E-state index in [0.29, 0.717) is 0 Å². The van der Waals surface area contributed by atoms with Crippen LogP contribution < -0.4 is 5.73 Å². The zero-order chi connectivity index (χ0) is 13.1. The molecule has 0 saturated heterocycles. The van der Waals surface area contributed by atoms with E-state index in [1.165, 1.54) is 0 Å². The molecule has 2 N–H and O–H groups in total. The third kappa shape index (κ3) is 4.56. The second-order valence-corrected chi connectivity index (χ2v) is 8.71. The summed E-state index contributed by atoms with van der Waals surface area (Å²) >= 11 is 0. The minimum atomic E-state index is -3.07. The predicted molar refractivity (Wildman–Crippen MR) is 69.7 cm³/mol. The van der Waals surface area contributed by atoms with Crippen LogP contribution in [0.3, 0.4) is 0 Å². The van der Waals surface area contributed by atoms with E-state index in [9.17, 15) is 8.42 Å². The lowest BCUT2D eigenvalue weighted by Gasteiger charge is -2.27. The number of nitrogens with two attached hydrogens (primary N) is 1. The summed E-state index contributed by atoms with van der Waals surface area (Å²) in [7, 11) is -3.07. The molecule has 0 amide bonds. The van der Waals surface area contributed by atoms with Gasteiger partial charge < -0.3 is 10.5 Å². The summed E-state index contributed by atoms with van der Waals surface area (Å²) in [6, 6.07) is 0.216. The molecule has 0 aromatic rings. The van der Waals surface area contributed by atoms with Crippen molar-refractivity contribution in [2.75, 3.05) is 12.4 Å². The number of rotatable bonds is 4. The molecular weight excluding hydrogens is 238 g/mol. The molecule has 0 aromatic carbocycles. The Morgan fingerprint density at radius 3 is 2.47 bits per heavy atom. The normalized spacial score (nSPS) is 27.1. The highest BCUT2D eigenvalue weighted by atomic mass is 32.2. The third-order valence-corrected chi connectivity index (χ3v) is 5.88. The fourth-order valence-electron chi connectivity index (χ4n) is 1.96. The predicted octanol–water partition coefficient (Wildman–Crippen LogP) is 1.49. The second-order valence-electron chi connectivity index (χ2n) is 5.85. The molecule has 1 aliphatic rings. The van der Waals surface area contributed by atoms with Crippen LogP contribution in [0.5, 0.6) is 0 Å². The van der Waals surface area contributed by atoms with Crippen molar-refractivity contribution in [3.8, 4) is 0 Å². The minimum Gasteiger partial charge on any atom is -0.377 e. The van der Waals surface area contributed by atoms with Crippen LogP contribution in [-0.2, 0) is 14.6 Å². The van der Waals surface area contributed by atoms with Gasteiger partial charge >= 0.3 is 0 Å². The van der Waals surface area contributed by atoms with E-state index in [1.807, 2.05) is 0 Å². The molecular formula is C12H25NO3S. The second kappa shape index (κ2) is 5.67. The van der Waals surface area contributed by atoms with E-state index in [2.05, 4.69) is 0 Å². The highest BCUT2D eigenvalue weighted by molar-refractivity contribution is 7.92. The molecule has 1 aliphatic carbocycles. The van der Waals surface area contributed by atoms with Crippen LogP contribution in [-0.4, -0.2) is 37.7 Å². The SMILES string of the molecule is CC(C)(C)S(=O)(=O)CCOC1CCCC(N)C1. The highest BCUT2D eigenvalue weighted by Crippen LogP contribution is 2.21. The lowest BCUT2D eigenvalue weighted by atomic mass is 9.94. The fourth-order valence-corrected chi connectivity index (χ4v) is 2.89. The molecule has 1 fully saturated rings. The van der Waals surface area contributed by atoms with Crippen molar-refractivity contribution in [3.63, 3.8) is 0 Å². The molecule has 17 heavy (non-hydrogen) atoms. The number of ether oxygens (including phenoxy) is 1. The van der Waals surface area contributed by atoms with Crippen LogP contribution in [0.2, 0.25) is 0 Å². The molecule has 0 bridgehead atoms. The van der Waals surface area contributed by atoms with Crippen LogP contribution in [0, 0.1) is 0 Å². The van der Waals surface area contributed by atoms with E-state index >= 15 is 0 Å². The molecule has 2 unspecified atom stereocenters. The Bertz CT molecular complexity index is 332. The van der Waals surface area contributed by atoms with Crippen molar-refractivity contribution in [3.05, 3.63) is 0 Å². The van der Waals surface area contributed by atoms with Gasteiger partial charge in [-0.3, -0.25) is 0 Å². The van der Waals surface area contributed by atoms with Crippen molar-refractivity contribution in [1.82, 2.24) is 0 Å². The molecule has 2 atom stereocenters. The van der Waals surface area contributed by atoms with Gasteiger partial charge in [-0.15, -0.1) is 0 Å². The lowest BCUT2D eigenvalue weighted by molar-refractivity contribution is 0.0326. The Balaban J connectivity index is 2.33. The van der Waals surface area contributed by atoms with Gasteiger partial charge in [0.2, 0.25) is 0 Å². The summed E-state index contributed by atoms with van der Waals surface area (Å²) in [6.45, 7) is 5.45. The largest absolute Gasteiger partial charge is 0.377 e. The van der Waals surface area contributed by atoms with Crippen LogP contribution in [0.25, 0.3) is 0 Å². The smallest absolute Gasteiger partial charge is 0.157 e. The van der Waals surface area contributed by atoms with Crippen LogP contribution >= 0.6 is 0 Å². The molecule has 0 aliphatic heterocycles. The first-order valence-electron chi connectivity index (χ1n) is 6.32. The zero-order valence-corrected chi connectivity index (χ0v) is 11.9. The van der Waals surface area contributed by atoms with Gasteiger partial charge in [-0.25, -0.2) is 8.42 Å².